The predicted octanol–water partition coefficient (Wildman–Crippen LogP) is 2.64. The van der Waals surface area contributed by atoms with Gasteiger partial charge in [-0.05, 0) is 65.2 Å². The standard InChI is InChI=1S/C25H41N5O3/c1-24(2,3)33-23(32)30-11-4-8-25(30)9-12-29(17-25)21(13-18-5-6-18)16-28-20(15-26)14-19-7-10-27-22(19)31/h18-21,28H,4-14,16-17H2,1-3H3,(H,27,31). The van der Waals surface area contributed by atoms with Gasteiger partial charge in [-0.3, -0.25) is 9.69 Å². The lowest BCUT2D eigenvalue weighted by molar-refractivity contribution is -0.122. The number of hydrogen-bond donors (Lipinski definition) is 2. The molecule has 2 N–H and O–H groups in total. The first-order valence-corrected chi connectivity index (χ1v) is 12.8. The van der Waals surface area contributed by atoms with Crippen LogP contribution >= 0.6 is 0 Å². The fraction of sp³-hybridized carbons (Fsp3) is 0.880. The minimum absolute atomic E-state index is 0.0556. The Morgan fingerprint density at radius 1 is 1.27 bits per heavy atom. The van der Waals surface area contributed by atoms with Crippen molar-refractivity contribution >= 4 is 12.0 Å². The molecule has 8 nitrogen and oxygen atoms in total. The number of ether oxygens (including phenoxy) is 1. The number of hydrogen-bond acceptors (Lipinski definition) is 6. The molecule has 0 bridgehead atoms. The summed E-state index contributed by atoms with van der Waals surface area (Å²) in [5.74, 6) is 0.802. The van der Waals surface area contributed by atoms with Gasteiger partial charge in [0.2, 0.25) is 5.91 Å². The Labute approximate surface area is 198 Å². The quantitative estimate of drug-likeness (QED) is 0.579. The van der Waals surface area contributed by atoms with Gasteiger partial charge < -0.3 is 20.3 Å². The summed E-state index contributed by atoms with van der Waals surface area (Å²) >= 11 is 0. The Balaban J connectivity index is 1.37. The highest BCUT2D eigenvalue weighted by molar-refractivity contribution is 5.80. The first-order valence-electron chi connectivity index (χ1n) is 12.8. The molecule has 3 aliphatic heterocycles. The minimum atomic E-state index is -0.486. The molecule has 184 valence electrons. The fourth-order valence-electron chi connectivity index (χ4n) is 5.88. The van der Waals surface area contributed by atoms with E-state index in [4.69, 9.17) is 4.74 Å². The molecule has 3 saturated heterocycles. The van der Waals surface area contributed by atoms with Crippen LogP contribution in [0.15, 0.2) is 0 Å². The lowest BCUT2D eigenvalue weighted by Crippen LogP contribution is -2.52. The van der Waals surface area contributed by atoms with Crippen molar-refractivity contribution in [1.29, 1.82) is 5.26 Å². The van der Waals surface area contributed by atoms with E-state index in [1.165, 1.54) is 12.8 Å². The first kappa shape index (κ1) is 24.3. The van der Waals surface area contributed by atoms with E-state index in [9.17, 15) is 14.9 Å². The van der Waals surface area contributed by atoms with Gasteiger partial charge in [-0.25, -0.2) is 4.79 Å². The molecule has 4 fully saturated rings. The van der Waals surface area contributed by atoms with E-state index in [1.54, 1.807) is 0 Å². The monoisotopic (exact) mass is 459 g/mol. The van der Waals surface area contributed by atoms with E-state index in [0.717, 1.165) is 70.7 Å². The fourth-order valence-corrected chi connectivity index (χ4v) is 5.88. The van der Waals surface area contributed by atoms with E-state index in [0.29, 0.717) is 12.5 Å². The number of nitrogens with zero attached hydrogens (tertiary/aromatic N) is 3. The van der Waals surface area contributed by atoms with Crippen LogP contribution in [0.3, 0.4) is 0 Å². The molecule has 8 heteroatoms. The number of amides is 2. The van der Waals surface area contributed by atoms with Gasteiger partial charge in [0, 0.05) is 44.7 Å². The highest BCUT2D eigenvalue weighted by Crippen LogP contribution is 2.41. The summed E-state index contributed by atoms with van der Waals surface area (Å²) in [4.78, 5) is 29.4. The number of likely N-dealkylation sites (tertiary alicyclic amines) is 2. The lowest BCUT2D eigenvalue weighted by atomic mass is 9.95. The minimum Gasteiger partial charge on any atom is -0.444 e. The maximum Gasteiger partial charge on any atom is 0.410 e. The molecule has 4 rings (SSSR count). The van der Waals surface area contributed by atoms with Crippen LogP contribution in [0.5, 0.6) is 0 Å². The lowest BCUT2D eigenvalue weighted by Gasteiger charge is -2.37. The molecule has 0 aromatic heterocycles. The van der Waals surface area contributed by atoms with Crippen molar-refractivity contribution in [3.8, 4) is 6.07 Å². The van der Waals surface area contributed by atoms with E-state index >= 15 is 0 Å². The third-order valence-corrected chi connectivity index (χ3v) is 7.83. The average Bonchev–Trinajstić information content (AvgIpc) is 3.13. The molecule has 33 heavy (non-hydrogen) atoms. The van der Waals surface area contributed by atoms with Gasteiger partial charge in [-0.1, -0.05) is 12.8 Å². The maximum absolute atomic E-state index is 12.9. The molecule has 4 unspecified atom stereocenters. The molecule has 0 aromatic rings. The zero-order valence-corrected chi connectivity index (χ0v) is 20.6. The number of carbonyl (C=O) groups excluding carboxylic acids is 2. The van der Waals surface area contributed by atoms with Crippen LogP contribution in [0, 0.1) is 23.2 Å². The maximum atomic E-state index is 12.9. The zero-order chi connectivity index (χ0) is 23.6. The van der Waals surface area contributed by atoms with E-state index in [-0.39, 0.29) is 29.5 Å². The Morgan fingerprint density at radius 2 is 2.06 bits per heavy atom. The summed E-state index contributed by atoms with van der Waals surface area (Å²) in [5.41, 5.74) is -0.610. The van der Waals surface area contributed by atoms with Gasteiger partial charge in [0.05, 0.1) is 17.6 Å². The molecule has 1 saturated carbocycles. The molecule has 1 spiro atoms. The van der Waals surface area contributed by atoms with Crippen molar-refractivity contribution in [2.75, 3.05) is 32.7 Å². The number of nitrogens with one attached hydrogen (secondary N) is 2. The highest BCUT2D eigenvalue weighted by Gasteiger charge is 2.50. The second-order valence-corrected chi connectivity index (χ2v) is 11.6. The van der Waals surface area contributed by atoms with Gasteiger partial charge in [0.25, 0.3) is 0 Å². The van der Waals surface area contributed by atoms with Crippen LogP contribution in [-0.2, 0) is 9.53 Å². The SMILES string of the molecule is CC(C)(C)OC(=O)N1CCCC12CCN(C(CNC(C#N)CC1CCNC1=O)CC1CC1)C2. The van der Waals surface area contributed by atoms with Gasteiger partial charge in [-0.2, -0.15) is 5.26 Å². The molecule has 0 radical (unpaired) electrons. The summed E-state index contributed by atoms with van der Waals surface area (Å²) in [6.45, 7) is 9.87. The summed E-state index contributed by atoms with van der Waals surface area (Å²) in [7, 11) is 0. The molecule has 3 heterocycles. The van der Waals surface area contributed by atoms with Crippen molar-refractivity contribution in [2.45, 2.75) is 95.4 Å². The predicted molar refractivity (Wildman–Crippen MR) is 125 cm³/mol. The van der Waals surface area contributed by atoms with Crippen molar-refractivity contribution in [1.82, 2.24) is 20.4 Å². The van der Waals surface area contributed by atoms with Crippen LogP contribution < -0.4 is 10.6 Å². The third kappa shape index (κ3) is 5.99. The van der Waals surface area contributed by atoms with Crippen molar-refractivity contribution in [2.24, 2.45) is 11.8 Å². The molecule has 2 amide bonds. The van der Waals surface area contributed by atoms with Crippen LogP contribution in [0.25, 0.3) is 0 Å². The normalized spacial score (nSPS) is 29.8. The van der Waals surface area contributed by atoms with Crippen LogP contribution in [0.1, 0.15) is 72.1 Å². The van der Waals surface area contributed by atoms with E-state index in [1.807, 2.05) is 25.7 Å². The van der Waals surface area contributed by atoms with Crippen molar-refractivity contribution in [3.05, 3.63) is 0 Å². The molecule has 0 aromatic carbocycles. The number of nitriles is 1. The van der Waals surface area contributed by atoms with Crippen LogP contribution in [0.4, 0.5) is 4.79 Å². The van der Waals surface area contributed by atoms with Gasteiger partial charge >= 0.3 is 6.09 Å². The smallest absolute Gasteiger partial charge is 0.410 e. The van der Waals surface area contributed by atoms with E-state index in [2.05, 4.69) is 21.6 Å². The zero-order valence-electron chi connectivity index (χ0n) is 20.6. The Bertz CT molecular complexity index is 771. The van der Waals surface area contributed by atoms with Gasteiger partial charge in [0.15, 0.2) is 0 Å². The number of carbonyl (C=O) groups is 2. The molecular formula is C25H41N5O3. The van der Waals surface area contributed by atoms with Gasteiger partial charge in [-0.15, -0.1) is 0 Å². The molecular weight excluding hydrogens is 418 g/mol. The second kappa shape index (κ2) is 9.79. The van der Waals surface area contributed by atoms with E-state index < -0.39 is 5.60 Å². The molecule has 1 aliphatic carbocycles. The third-order valence-electron chi connectivity index (χ3n) is 7.83. The Hall–Kier alpha value is -1.85. The van der Waals surface area contributed by atoms with Gasteiger partial charge in [0.1, 0.15) is 5.60 Å². The van der Waals surface area contributed by atoms with Crippen LogP contribution in [-0.4, -0.2) is 77.7 Å². The van der Waals surface area contributed by atoms with Crippen molar-refractivity contribution < 1.29 is 14.3 Å². The molecule has 4 atom stereocenters. The molecule has 4 aliphatic rings. The van der Waals surface area contributed by atoms with Crippen molar-refractivity contribution in [3.63, 3.8) is 0 Å². The second-order valence-electron chi connectivity index (χ2n) is 11.6. The Kier molecular flexibility index (Phi) is 7.20. The number of rotatable bonds is 8. The topological polar surface area (TPSA) is 97.7 Å². The summed E-state index contributed by atoms with van der Waals surface area (Å²) in [6, 6.07) is 2.43. The Morgan fingerprint density at radius 3 is 2.70 bits per heavy atom. The first-order chi connectivity index (χ1) is 15.7. The largest absolute Gasteiger partial charge is 0.444 e. The summed E-state index contributed by atoms with van der Waals surface area (Å²) < 4.78 is 5.73. The summed E-state index contributed by atoms with van der Waals surface area (Å²) in [6.07, 6.45) is 7.98. The summed E-state index contributed by atoms with van der Waals surface area (Å²) in [5, 5.41) is 16.0. The average molecular weight is 460 g/mol. The van der Waals surface area contributed by atoms with Crippen LogP contribution in [0.2, 0.25) is 0 Å². The highest BCUT2D eigenvalue weighted by atomic mass is 16.6.